The molecular formula is C24H23Cl2N7O4S. The molecule has 3 aromatic heterocycles. The number of carbonyl (C=O) groups is 2. The Morgan fingerprint density at radius 1 is 1.03 bits per heavy atom. The van der Waals surface area contributed by atoms with Crippen LogP contribution in [0.4, 0.5) is 23.0 Å². The highest BCUT2D eigenvalue weighted by atomic mass is 35.5. The molecule has 0 aliphatic heterocycles. The maximum atomic E-state index is 13.2. The summed E-state index contributed by atoms with van der Waals surface area (Å²) in [6.07, 6.45) is 2.88. The fourth-order valence-electron chi connectivity index (χ4n) is 3.43. The molecule has 0 aliphatic carbocycles. The molecule has 3 N–H and O–H groups in total. The van der Waals surface area contributed by atoms with Gasteiger partial charge in [-0.05, 0) is 26.2 Å². The summed E-state index contributed by atoms with van der Waals surface area (Å²) in [5.74, 6) is 0.934. The maximum Gasteiger partial charge on any atom is 0.258 e. The number of carbonyl (C=O) groups excluding carboxylic acids is 2. The van der Waals surface area contributed by atoms with Crippen LogP contribution in [0.25, 0.3) is 10.2 Å². The highest BCUT2D eigenvalue weighted by Crippen LogP contribution is 2.44. The van der Waals surface area contributed by atoms with Crippen LogP contribution in [0, 0.1) is 0 Å². The minimum atomic E-state index is -0.476. The van der Waals surface area contributed by atoms with Crippen LogP contribution in [-0.2, 0) is 4.79 Å². The number of amides is 2. The number of nitrogens with one attached hydrogen (secondary N) is 3. The van der Waals surface area contributed by atoms with Crippen LogP contribution in [0.5, 0.6) is 11.5 Å². The number of likely N-dealkylation sites (N-methyl/N-ethyl adjacent to an activating group) is 1. The van der Waals surface area contributed by atoms with Crippen molar-refractivity contribution in [1.29, 1.82) is 0 Å². The van der Waals surface area contributed by atoms with E-state index >= 15 is 0 Å². The SMILES string of the molecule is COc1cc(OC)c(Cl)c(NC(=O)c2csc3c(Nc4ccc(NC(=O)CN(C)C)cn4)ncnc23)c1Cl. The summed E-state index contributed by atoms with van der Waals surface area (Å²) < 4.78 is 11.2. The summed E-state index contributed by atoms with van der Waals surface area (Å²) in [4.78, 5) is 39.9. The average Bonchev–Trinajstić information content (AvgIpc) is 3.33. The lowest BCUT2D eigenvalue weighted by molar-refractivity contribution is -0.116. The molecule has 1 aromatic carbocycles. The van der Waals surface area contributed by atoms with Gasteiger partial charge in [-0.15, -0.1) is 11.3 Å². The van der Waals surface area contributed by atoms with Crippen molar-refractivity contribution in [2.24, 2.45) is 0 Å². The highest BCUT2D eigenvalue weighted by molar-refractivity contribution is 7.18. The number of fused-ring (bicyclic) bond motifs is 1. The van der Waals surface area contributed by atoms with Gasteiger partial charge in [0.25, 0.3) is 5.91 Å². The Balaban J connectivity index is 1.55. The first-order valence-electron chi connectivity index (χ1n) is 11.0. The Morgan fingerprint density at radius 3 is 2.34 bits per heavy atom. The lowest BCUT2D eigenvalue weighted by Gasteiger charge is -2.15. The molecule has 4 rings (SSSR count). The van der Waals surface area contributed by atoms with E-state index in [0.717, 1.165) is 0 Å². The van der Waals surface area contributed by atoms with E-state index in [1.807, 2.05) is 14.1 Å². The van der Waals surface area contributed by atoms with Crippen LogP contribution in [0.3, 0.4) is 0 Å². The van der Waals surface area contributed by atoms with Gasteiger partial charge in [-0.25, -0.2) is 15.0 Å². The molecular weight excluding hydrogens is 553 g/mol. The van der Waals surface area contributed by atoms with Crippen LogP contribution in [0.2, 0.25) is 10.0 Å². The number of aromatic nitrogens is 3. The first-order chi connectivity index (χ1) is 18.2. The summed E-state index contributed by atoms with van der Waals surface area (Å²) in [6.45, 7) is 0.261. The number of thiophene rings is 1. The van der Waals surface area contributed by atoms with Gasteiger partial charge in [-0.1, -0.05) is 23.2 Å². The average molecular weight is 576 g/mol. The Kier molecular flexibility index (Phi) is 8.47. The standard InChI is InChI=1S/C24H23Cl2N7O4S/c1-33(2)9-17(34)30-12-5-6-16(27-8-12)31-23-22-20(28-11-29-23)13(10-38-22)24(35)32-21-18(25)14(36-3)7-15(37-4)19(21)26/h5-8,10-11H,9H2,1-4H3,(H,30,34)(H,32,35)(H,27,28,29,31). The van der Waals surface area contributed by atoms with Gasteiger partial charge >= 0.3 is 0 Å². The minimum absolute atomic E-state index is 0.135. The van der Waals surface area contributed by atoms with E-state index in [0.29, 0.717) is 44.6 Å². The molecule has 0 unspecified atom stereocenters. The van der Waals surface area contributed by atoms with Gasteiger partial charge in [-0.3, -0.25) is 9.59 Å². The fraction of sp³-hybridized carbons (Fsp3) is 0.208. The van der Waals surface area contributed by atoms with E-state index in [4.69, 9.17) is 32.7 Å². The number of pyridine rings is 1. The quantitative estimate of drug-likeness (QED) is 0.255. The smallest absolute Gasteiger partial charge is 0.258 e. The third-order valence-corrected chi connectivity index (χ3v) is 6.89. The number of ether oxygens (including phenoxy) is 2. The minimum Gasteiger partial charge on any atom is -0.495 e. The summed E-state index contributed by atoms with van der Waals surface area (Å²) >= 11 is 14.1. The third kappa shape index (κ3) is 5.89. The van der Waals surface area contributed by atoms with E-state index < -0.39 is 5.91 Å². The van der Waals surface area contributed by atoms with Gasteiger partial charge in [0.1, 0.15) is 33.7 Å². The molecule has 0 bridgehead atoms. The molecule has 198 valence electrons. The lowest BCUT2D eigenvalue weighted by atomic mass is 10.2. The van der Waals surface area contributed by atoms with Crippen molar-refractivity contribution in [3.8, 4) is 11.5 Å². The Morgan fingerprint density at radius 2 is 1.74 bits per heavy atom. The van der Waals surface area contributed by atoms with Crippen LogP contribution in [0.15, 0.2) is 36.1 Å². The molecule has 14 heteroatoms. The van der Waals surface area contributed by atoms with Crippen molar-refractivity contribution in [3.63, 3.8) is 0 Å². The van der Waals surface area contributed by atoms with E-state index in [9.17, 15) is 9.59 Å². The van der Waals surface area contributed by atoms with Crippen molar-refractivity contribution in [3.05, 3.63) is 51.7 Å². The van der Waals surface area contributed by atoms with Crippen molar-refractivity contribution in [2.45, 2.75) is 0 Å². The summed E-state index contributed by atoms with van der Waals surface area (Å²) in [6, 6.07) is 4.97. The van der Waals surface area contributed by atoms with Crippen molar-refractivity contribution >= 4 is 79.6 Å². The first-order valence-corrected chi connectivity index (χ1v) is 12.7. The number of nitrogens with zero attached hydrogens (tertiary/aromatic N) is 4. The molecule has 0 spiro atoms. The van der Waals surface area contributed by atoms with Gasteiger partial charge in [0, 0.05) is 11.4 Å². The summed E-state index contributed by atoms with van der Waals surface area (Å²) in [7, 11) is 6.52. The monoisotopic (exact) mass is 575 g/mol. The number of benzene rings is 1. The molecule has 2 amide bonds. The molecule has 0 atom stereocenters. The van der Waals surface area contributed by atoms with Crippen LogP contribution in [-0.4, -0.2) is 66.5 Å². The second kappa shape index (κ2) is 11.8. The van der Waals surface area contributed by atoms with Crippen molar-refractivity contribution in [2.75, 3.05) is 50.8 Å². The number of hydrogen-bond donors (Lipinski definition) is 3. The summed E-state index contributed by atoms with van der Waals surface area (Å²) in [5.41, 5.74) is 1.45. The Hall–Kier alpha value is -3.71. The fourth-order valence-corrected chi connectivity index (χ4v) is 4.97. The Labute approximate surface area is 232 Å². The number of rotatable bonds is 9. The van der Waals surface area contributed by atoms with Gasteiger partial charge < -0.3 is 30.3 Å². The molecule has 11 nitrogen and oxygen atoms in total. The van der Waals surface area contributed by atoms with Crippen molar-refractivity contribution in [1.82, 2.24) is 19.9 Å². The van der Waals surface area contributed by atoms with E-state index in [2.05, 4.69) is 30.9 Å². The normalized spacial score (nSPS) is 10.9. The second-order valence-electron chi connectivity index (χ2n) is 8.13. The van der Waals surface area contributed by atoms with Crippen LogP contribution in [0.1, 0.15) is 10.4 Å². The third-order valence-electron chi connectivity index (χ3n) is 5.16. The zero-order valence-electron chi connectivity index (χ0n) is 20.8. The zero-order chi connectivity index (χ0) is 27.4. The molecule has 0 aliphatic rings. The first kappa shape index (κ1) is 27.3. The van der Waals surface area contributed by atoms with Gasteiger partial charge in [0.05, 0.1) is 54.1 Å². The Bertz CT molecular complexity index is 1470. The van der Waals surface area contributed by atoms with Gasteiger partial charge in [-0.2, -0.15) is 0 Å². The van der Waals surface area contributed by atoms with E-state index in [-0.39, 0.29) is 28.2 Å². The number of anilines is 4. The molecule has 0 fully saturated rings. The van der Waals surface area contributed by atoms with Crippen molar-refractivity contribution < 1.29 is 19.1 Å². The molecule has 38 heavy (non-hydrogen) atoms. The predicted octanol–water partition coefficient (Wildman–Crippen LogP) is 4.91. The predicted molar refractivity (Wildman–Crippen MR) is 150 cm³/mol. The molecule has 3 heterocycles. The van der Waals surface area contributed by atoms with Gasteiger partial charge in [0.15, 0.2) is 5.82 Å². The number of methoxy groups -OCH3 is 2. The number of hydrogen-bond acceptors (Lipinski definition) is 10. The number of halogens is 2. The molecule has 0 radical (unpaired) electrons. The largest absolute Gasteiger partial charge is 0.495 e. The van der Waals surface area contributed by atoms with Crippen LogP contribution < -0.4 is 25.4 Å². The highest BCUT2D eigenvalue weighted by Gasteiger charge is 2.22. The van der Waals surface area contributed by atoms with Crippen LogP contribution >= 0.6 is 34.5 Å². The molecule has 0 saturated carbocycles. The lowest BCUT2D eigenvalue weighted by Crippen LogP contribution is -2.27. The zero-order valence-corrected chi connectivity index (χ0v) is 23.1. The van der Waals surface area contributed by atoms with E-state index in [1.54, 1.807) is 22.4 Å². The maximum absolute atomic E-state index is 13.2. The topological polar surface area (TPSA) is 131 Å². The molecule has 4 aromatic rings. The molecule has 0 saturated heterocycles. The second-order valence-corrected chi connectivity index (χ2v) is 9.77. The van der Waals surface area contributed by atoms with E-state index in [1.165, 1.54) is 44.1 Å². The van der Waals surface area contributed by atoms with Gasteiger partial charge in [0.2, 0.25) is 5.91 Å². The summed E-state index contributed by atoms with van der Waals surface area (Å²) in [5, 5.41) is 10.6.